The third-order valence-corrected chi connectivity index (χ3v) is 4.03. The van der Waals surface area contributed by atoms with Gasteiger partial charge in [-0.1, -0.05) is 0 Å². The second-order valence-electron chi connectivity index (χ2n) is 5.49. The van der Waals surface area contributed by atoms with Crippen LogP contribution in [-0.2, 0) is 4.79 Å². The number of nitrogens with zero attached hydrogens (tertiary/aromatic N) is 1. The number of hydrogen-bond donors (Lipinski definition) is 3. The number of carboxylic acid groups (broad SMARTS) is 1. The Balaban J connectivity index is 1.58. The smallest absolute Gasteiger partial charge is 0.315 e. The summed E-state index contributed by atoms with van der Waals surface area (Å²) in [5.74, 6) is -1.05. The maximum Gasteiger partial charge on any atom is 0.315 e. The Morgan fingerprint density at radius 2 is 1.95 bits per heavy atom. The van der Waals surface area contributed by atoms with E-state index in [2.05, 4.69) is 15.5 Å². The standard InChI is InChI=1S/C13H23N3O3/c17-12(18)10-3-4-11(9-10)15-13(19)14-5-8-16-6-1-2-7-16/h10-11H,1-9H2,(H,17,18)(H2,14,15,19). The third kappa shape index (κ3) is 4.38. The van der Waals surface area contributed by atoms with Crippen LogP contribution in [0, 0.1) is 5.92 Å². The number of rotatable bonds is 5. The molecule has 19 heavy (non-hydrogen) atoms. The molecule has 6 heteroatoms. The van der Waals surface area contributed by atoms with Gasteiger partial charge < -0.3 is 20.6 Å². The topological polar surface area (TPSA) is 81.7 Å². The van der Waals surface area contributed by atoms with Crippen molar-refractivity contribution in [3.05, 3.63) is 0 Å². The minimum Gasteiger partial charge on any atom is -0.481 e. The molecule has 2 fully saturated rings. The molecule has 1 aliphatic heterocycles. The van der Waals surface area contributed by atoms with Crippen molar-refractivity contribution in [2.75, 3.05) is 26.2 Å². The molecule has 0 bridgehead atoms. The van der Waals surface area contributed by atoms with Crippen LogP contribution >= 0.6 is 0 Å². The van der Waals surface area contributed by atoms with Gasteiger partial charge in [-0.2, -0.15) is 0 Å². The van der Waals surface area contributed by atoms with Gasteiger partial charge in [-0.3, -0.25) is 4.79 Å². The number of aliphatic carboxylic acids is 1. The van der Waals surface area contributed by atoms with Crippen LogP contribution in [0.5, 0.6) is 0 Å². The van der Waals surface area contributed by atoms with Gasteiger partial charge in [0.25, 0.3) is 0 Å². The maximum absolute atomic E-state index is 11.7. The number of nitrogens with one attached hydrogen (secondary N) is 2. The first kappa shape index (κ1) is 14.1. The predicted molar refractivity (Wildman–Crippen MR) is 71.0 cm³/mol. The van der Waals surface area contributed by atoms with E-state index in [9.17, 15) is 9.59 Å². The summed E-state index contributed by atoms with van der Waals surface area (Å²) in [7, 11) is 0. The van der Waals surface area contributed by atoms with E-state index in [1.165, 1.54) is 12.8 Å². The Morgan fingerprint density at radius 1 is 1.21 bits per heavy atom. The first-order valence-corrected chi connectivity index (χ1v) is 7.14. The largest absolute Gasteiger partial charge is 0.481 e. The highest BCUT2D eigenvalue weighted by Crippen LogP contribution is 2.25. The number of carbonyl (C=O) groups is 2. The highest BCUT2D eigenvalue weighted by molar-refractivity contribution is 5.75. The zero-order valence-corrected chi connectivity index (χ0v) is 11.2. The zero-order chi connectivity index (χ0) is 13.7. The van der Waals surface area contributed by atoms with Crippen molar-refractivity contribution < 1.29 is 14.7 Å². The summed E-state index contributed by atoms with van der Waals surface area (Å²) in [5.41, 5.74) is 0. The molecule has 2 atom stereocenters. The summed E-state index contributed by atoms with van der Waals surface area (Å²) < 4.78 is 0. The molecule has 0 radical (unpaired) electrons. The summed E-state index contributed by atoms with van der Waals surface area (Å²) in [5, 5.41) is 14.6. The van der Waals surface area contributed by atoms with Crippen LogP contribution in [0.15, 0.2) is 0 Å². The lowest BCUT2D eigenvalue weighted by Gasteiger charge is -2.16. The Morgan fingerprint density at radius 3 is 2.58 bits per heavy atom. The molecule has 0 spiro atoms. The number of likely N-dealkylation sites (tertiary alicyclic amines) is 1. The highest BCUT2D eigenvalue weighted by atomic mass is 16.4. The molecule has 3 N–H and O–H groups in total. The van der Waals surface area contributed by atoms with Gasteiger partial charge in [0, 0.05) is 19.1 Å². The second kappa shape index (κ2) is 6.75. The van der Waals surface area contributed by atoms with Gasteiger partial charge in [0.1, 0.15) is 0 Å². The van der Waals surface area contributed by atoms with Crippen molar-refractivity contribution in [3.63, 3.8) is 0 Å². The number of amides is 2. The number of carbonyl (C=O) groups excluding carboxylic acids is 1. The predicted octanol–water partition coefficient (Wildman–Crippen LogP) is 0.635. The van der Waals surface area contributed by atoms with Gasteiger partial charge >= 0.3 is 12.0 Å². The molecular weight excluding hydrogens is 246 g/mol. The molecule has 1 heterocycles. The van der Waals surface area contributed by atoms with Crippen LogP contribution in [0.1, 0.15) is 32.1 Å². The van der Waals surface area contributed by atoms with Crippen molar-refractivity contribution >= 4 is 12.0 Å². The van der Waals surface area contributed by atoms with Gasteiger partial charge in [0.05, 0.1) is 5.92 Å². The van der Waals surface area contributed by atoms with Gasteiger partial charge in [0.2, 0.25) is 0 Å². The van der Waals surface area contributed by atoms with E-state index < -0.39 is 5.97 Å². The molecule has 0 aromatic carbocycles. The van der Waals surface area contributed by atoms with Gasteiger partial charge in [-0.25, -0.2) is 4.79 Å². The van der Waals surface area contributed by atoms with E-state index in [0.29, 0.717) is 19.4 Å². The van der Waals surface area contributed by atoms with E-state index in [0.717, 1.165) is 26.1 Å². The van der Waals surface area contributed by atoms with Crippen LogP contribution in [0.4, 0.5) is 4.79 Å². The first-order valence-electron chi connectivity index (χ1n) is 7.14. The fourth-order valence-corrected chi connectivity index (χ4v) is 2.91. The van der Waals surface area contributed by atoms with E-state index in [-0.39, 0.29) is 18.0 Å². The van der Waals surface area contributed by atoms with Gasteiger partial charge in [0.15, 0.2) is 0 Å². The quantitative estimate of drug-likeness (QED) is 0.684. The lowest BCUT2D eigenvalue weighted by atomic mass is 10.1. The second-order valence-corrected chi connectivity index (χ2v) is 5.49. The van der Waals surface area contributed by atoms with Crippen LogP contribution in [-0.4, -0.2) is 54.2 Å². The number of urea groups is 1. The molecule has 1 saturated carbocycles. The molecule has 1 saturated heterocycles. The molecule has 0 aromatic heterocycles. The molecule has 108 valence electrons. The fraction of sp³-hybridized carbons (Fsp3) is 0.846. The van der Waals surface area contributed by atoms with Crippen molar-refractivity contribution in [1.29, 1.82) is 0 Å². The molecule has 2 unspecified atom stereocenters. The molecule has 2 rings (SSSR count). The van der Waals surface area contributed by atoms with Crippen molar-refractivity contribution in [2.45, 2.75) is 38.1 Å². The van der Waals surface area contributed by atoms with Crippen LogP contribution in [0.25, 0.3) is 0 Å². The minimum absolute atomic E-state index is 0.00730. The van der Waals surface area contributed by atoms with Crippen molar-refractivity contribution in [1.82, 2.24) is 15.5 Å². The number of hydrogen-bond acceptors (Lipinski definition) is 3. The minimum atomic E-state index is -0.751. The lowest BCUT2D eigenvalue weighted by Crippen LogP contribution is -2.43. The number of carboxylic acids is 1. The van der Waals surface area contributed by atoms with Crippen molar-refractivity contribution in [3.8, 4) is 0 Å². The Labute approximate surface area is 113 Å². The van der Waals surface area contributed by atoms with E-state index in [4.69, 9.17) is 5.11 Å². The summed E-state index contributed by atoms with van der Waals surface area (Å²) in [4.78, 5) is 24.8. The van der Waals surface area contributed by atoms with Gasteiger partial charge in [-0.15, -0.1) is 0 Å². The Bertz CT molecular complexity index is 329. The van der Waals surface area contributed by atoms with Crippen molar-refractivity contribution in [2.24, 2.45) is 5.92 Å². The summed E-state index contributed by atoms with van der Waals surface area (Å²) in [6.45, 7) is 3.81. The summed E-state index contributed by atoms with van der Waals surface area (Å²) in [6.07, 6.45) is 4.48. The molecule has 2 aliphatic rings. The Hall–Kier alpha value is -1.30. The molecule has 6 nitrogen and oxygen atoms in total. The molecular formula is C13H23N3O3. The summed E-state index contributed by atoms with van der Waals surface area (Å²) in [6, 6.07) is -0.164. The van der Waals surface area contributed by atoms with Crippen LogP contribution in [0.3, 0.4) is 0 Å². The average Bonchev–Trinajstić information content (AvgIpc) is 3.00. The Kier molecular flexibility index (Phi) is 5.01. The monoisotopic (exact) mass is 269 g/mol. The maximum atomic E-state index is 11.7. The van der Waals surface area contributed by atoms with E-state index in [1.54, 1.807) is 0 Å². The fourth-order valence-electron chi connectivity index (χ4n) is 2.91. The third-order valence-electron chi connectivity index (χ3n) is 4.03. The first-order chi connectivity index (χ1) is 9.15. The SMILES string of the molecule is O=C(NCCN1CCCC1)NC1CCC(C(=O)O)C1. The zero-order valence-electron chi connectivity index (χ0n) is 11.2. The normalized spacial score (nSPS) is 27.4. The van der Waals surface area contributed by atoms with Crippen LogP contribution in [0.2, 0.25) is 0 Å². The molecule has 1 aliphatic carbocycles. The average molecular weight is 269 g/mol. The summed E-state index contributed by atoms with van der Waals surface area (Å²) >= 11 is 0. The highest BCUT2D eigenvalue weighted by Gasteiger charge is 2.30. The van der Waals surface area contributed by atoms with E-state index in [1.807, 2.05) is 0 Å². The van der Waals surface area contributed by atoms with Crippen LogP contribution < -0.4 is 10.6 Å². The molecule has 0 aromatic rings. The molecule has 2 amide bonds. The lowest BCUT2D eigenvalue weighted by molar-refractivity contribution is -0.141. The van der Waals surface area contributed by atoms with Gasteiger partial charge in [-0.05, 0) is 45.2 Å². The van der Waals surface area contributed by atoms with E-state index >= 15 is 0 Å².